The Morgan fingerprint density at radius 3 is 2.46 bits per heavy atom. The zero-order chi connectivity index (χ0) is 29.7. The number of hydrogen-bond acceptors (Lipinski definition) is 7. The lowest BCUT2D eigenvalue weighted by Crippen LogP contribution is -2.53. The summed E-state index contributed by atoms with van der Waals surface area (Å²) in [5.74, 6) is -2.92. The molecule has 1 saturated carbocycles. The van der Waals surface area contributed by atoms with Gasteiger partial charge in [-0.25, -0.2) is 9.37 Å². The first-order valence-electron chi connectivity index (χ1n) is 13.9. The number of aromatic nitrogens is 2. The molecular formula is C29H36FN5O6. The van der Waals surface area contributed by atoms with Crippen molar-refractivity contribution < 1.29 is 28.3 Å². The fourth-order valence-corrected chi connectivity index (χ4v) is 5.32. The maximum absolute atomic E-state index is 13.8. The lowest BCUT2D eigenvalue weighted by molar-refractivity contribution is -0.145. The number of rotatable bonds is 10. The number of hydrogen-bond donors (Lipinski definition) is 2. The predicted molar refractivity (Wildman–Crippen MR) is 147 cm³/mol. The van der Waals surface area contributed by atoms with Crippen LogP contribution < -0.4 is 20.9 Å². The highest BCUT2D eigenvalue weighted by molar-refractivity contribution is 6.35. The molecule has 0 atom stereocenters. The Hall–Kier alpha value is -4.09. The van der Waals surface area contributed by atoms with Gasteiger partial charge in [0.2, 0.25) is 5.75 Å². The Bertz CT molecular complexity index is 1380. The van der Waals surface area contributed by atoms with Crippen LogP contribution in [0.5, 0.6) is 5.75 Å². The molecule has 3 aliphatic rings. The second kappa shape index (κ2) is 12.6. The van der Waals surface area contributed by atoms with Gasteiger partial charge < -0.3 is 20.3 Å². The number of unbranched alkanes of at least 4 members (excludes halogenated alkanes) is 1. The zero-order valence-corrected chi connectivity index (χ0v) is 23.6. The number of nitrogens with one attached hydrogen (secondary N) is 2. The van der Waals surface area contributed by atoms with E-state index in [1.807, 2.05) is 6.92 Å². The highest BCUT2D eigenvalue weighted by Crippen LogP contribution is 2.43. The van der Waals surface area contributed by atoms with Crippen molar-refractivity contribution in [2.45, 2.75) is 64.0 Å². The number of carbonyl (C=O) groups is 4. The summed E-state index contributed by atoms with van der Waals surface area (Å²) in [5.41, 5.74) is -1.34. The van der Waals surface area contributed by atoms with Crippen LogP contribution in [0.25, 0.3) is 0 Å². The standard InChI is InChI=1S/C29H36FN5O6/c1-4-5-14-41-23-22(24(37)31-16-21(36)15-18-6-8-20(30)9-7-18)32-28-29(33-25(38)27(40)34(2)3)12-10-19(11-13-29)17-35(28)26(23)39/h6-9,19H,4-5,10-17H2,1-3H3,(H,31,37)(H,33,38). The Morgan fingerprint density at radius 1 is 1.15 bits per heavy atom. The highest BCUT2D eigenvalue weighted by Gasteiger charge is 2.47. The minimum Gasteiger partial charge on any atom is -0.486 e. The third kappa shape index (κ3) is 6.63. The molecule has 1 aromatic heterocycles. The third-order valence-electron chi connectivity index (χ3n) is 7.63. The SMILES string of the molecule is CCCCOc1c(C(=O)NCC(=O)Cc2ccc(F)cc2)nc2n(c1=O)CC1CCC2(NC(=O)C(=O)N(C)C)CC1. The van der Waals surface area contributed by atoms with Crippen molar-refractivity contribution in [3.63, 3.8) is 0 Å². The molecule has 0 spiro atoms. The molecule has 1 fully saturated rings. The molecule has 3 amide bonds. The first-order chi connectivity index (χ1) is 19.5. The van der Waals surface area contributed by atoms with E-state index in [1.54, 1.807) is 0 Å². The summed E-state index contributed by atoms with van der Waals surface area (Å²) in [7, 11) is 2.94. The number of benzene rings is 1. The summed E-state index contributed by atoms with van der Waals surface area (Å²) in [4.78, 5) is 70.9. The van der Waals surface area contributed by atoms with Gasteiger partial charge in [0.25, 0.3) is 11.5 Å². The van der Waals surface area contributed by atoms with Crippen molar-refractivity contribution in [2.24, 2.45) is 5.92 Å². The van der Waals surface area contributed by atoms with Gasteiger partial charge in [0.1, 0.15) is 11.6 Å². The Labute approximate surface area is 237 Å². The lowest BCUT2D eigenvalue weighted by atomic mass is 9.77. The molecule has 0 radical (unpaired) electrons. The molecule has 11 nitrogen and oxygen atoms in total. The van der Waals surface area contributed by atoms with E-state index in [0.717, 1.165) is 6.42 Å². The van der Waals surface area contributed by atoms with Crippen molar-refractivity contribution in [3.05, 3.63) is 57.5 Å². The van der Waals surface area contributed by atoms with Crippen molar-refractivity contribution >= 4 is 23.5 Å². The van der Waals surface area contributed by atoms with Crippen LogP contribution in [0.1, 0.15) is 67.3 Å². The Morgan fingerprint density at radius 2 is 1.83 bits per heavy atom. The number of fused-ring (bicyclic) bond motifs is 2. The van der Waals surface area contributed by atoms with Crippen LogP contribution in [0.4, 0.5) is 4.39 Å². The second-order valence-corrected chi connectivity index (χ2v) is 10.9. The van der Waals surface area contributed by atoms with Crippen molar-refractivity contribution in [2.75, 3.05) is 27.2 Å². The minimum atomic E-state index is -1.12. The van der Waals surface area contributed by atoms with Crippen LogP contribution in [-0.4, -0.2) is 65.2 Å². The molecule has 2 N–H and O–H groups in total. The van der Waals surface area contributed by atoms with Crippen LogP contribution >= 0.6 is 0 Å². The Balaban J connectivity index is 1.67. The topological polar surface area (TPSA) is 140 Å². The fraction of sp³-hybridized carbons (Fsp3) is 0.517. The fourth-order valence-electron chi connectivity index (χ4n) is 5.32. The van der Waals surface area contributed by atoms with E-state index in [4.69, 9.17) is 4.74 Å². The molecule has 220 valence electrons. The van der Waals surface area contributed by atoms with Crippen LogP contribution in [-0.2, 0) is 32.9 Å². The largest absolute Gasteiger partial charge is 0.486 e. The molecule has 2 aromatic rings. The smallest absolute Gasteiger partial charge is 0.311 e. The molecule has 1 aliphatic carbocycles. The van der Waals surface area contributed by atoms with Gasteiger partial charge in [0.05, 0.1) is 18.7 Å². The monoisotopic (exact) mass is 569 g/mol. The molecule has 0 saturated heterocycles. The number of Topliss-reactive ketones (excluding diaryl/α,β-unsaturated/α-hetero) is 1. The number of halogens is 1. The maximum atomic E-state index is 13.8. The van der Waals surface area contributed by atoms with E-state index in [-0.39, 0.29) is 48.5 Å². The molecule has 12 heteroatoms. The number of ether oxygens (including phenoxy) is 1. The van der Waals surface area contributed by atoms with Crippen LogP contribution in [0, 0.1) is 11.7 Å². The summed E-state index contributed by atoms with van der Waals surface area (Å²) in [6, 6.07) is 5.49. The van der Waals surface area contributed by atoms with Gasteiger partial charge in [-0.3, -0.25) is 28.5 Å². The average molecular weight is 570 g/mol. The van der Waals surface area contributed by atoms with Gasteiger partial charge in [0, 0.05) is 27.1 Å². The molecule has 2 bridgehead atoms. The van der Waals surface area contributed by atoms with Crippen molar-refractivity contribution in [1.29, 1.82) is 0 Å². The normalized spacial score (nSPS) is 19.1. The van der Waals surface area contributed by atoms with Crippen molar-refractivity contribution in [3.8, 4) is 5.75 Å². The van der Waals surface area contributed by atoms with Gasteiger partial charge in [0.15, 0.2) is 11.5 Å². The van der Waals surface area contributed by atoms with Crippen LogP contribution in [0.15, 0.2) is 29.1 Å². The van der Waals surface area contributed by atoms with E-state index in [1.165, 1.54) is 47.8 Å². The van der Waals surface area contributed by atoms with Crippen LogP contribution in [0.3, 0.4) is 0 Å². The summed E-state index contributed by atoms with van der Waals surface area (Å²) in [6.07, 6.45) is 3.73. The maximum Gasteiger partial charge on any atom is 0.311 e. The molecule has 1 aromatic carbocycles. The van der Waals surface area contributed by atoms with Crippen molar-refractivity contribution in [1.82, 2.24) is 25.1 Å². The number of nitrogens with zero attached hydrogens (tertiary/aromatic N) is 3. The van der Waals surface area contributed by atoms with Gasteiger partial charge in [-0.2, -0.15) is 0 Å². The number of ketones is 1. The lowest BCUT2D eigenvalue weighted by Gasteiger charge is -2.37. The van der Waals surface area contributed by atoms with E-state index in [0.29, 0.717) is 44.2 Å². The zero-order valence-electron chi connectivity index (χ0n) is 23.6. The first kappa shape index (κ1) is 29.9. The number of amides is 3. The molecule has 3 heterocycles. The van der Waals surface area contributed by atoms with Gasteiger partial charge in [-0.1, -0.05) is 25.5 Å². The van der Waals surface area contributed by atoms with E-state index >= 15 is 0 Å². The van der Waals surface area contributed by atoms with Gasteiger partial charge in [-0.15, -0.1) is 0 Å². The average Bonchev–Trinajstić information content (AvgIpc) is 3.19. The van der Waals surface area contributed by atoms with E-state index < -0.39 is 34.6 Å². The van der Waals surface area contributed by atoms with Gasteiger partial charge >= 0.3 is 11.8 Å². The third-order valence-corrected chi connectivity index (χ3v) is 7.63. The summed E-state index contributed by atoms with van der Waals surface area (Å²) in [5, 5.41) is 5.38. The van der Waals surface area contributed by atoms with Gasteiger partial charge in [-0.05, 0) is 55.7 Å². The van der Waals surface area contributed by atoms with Crippen LogP contribution in [0.2, 0.25) is 0 Å². The second-order valence-electron chi connectivity index (χ2n) is 10.9. The van der Waals surface area contributed by atoms with E-state index in [2.05, 4.69) is 15.6 Å². The molecule has 5 rings (SSSR count). The quantitative estimate of drug-likeness (QED) is 0.328. The number of carbonyl (C=O) groups excluding carboxylic acids is 4. The minimum absolute atomic E-state index is 0.0167. The van der Waals surface area contributed by atoms with E-state index in [9.17, 15) is 28.4 Å². The highest BCUT2D eigenvalue weighted by atomic mass is 19.1. The number of likely N-dealkylation sites (N-methyl/N-ethyl adjacent to an activating group) is 1. The first-order valence-corrected chi connectivity index (χ1v) is 13.9. The molecule has 41 heavy (non-hydrogen) atoms. The summed E-state index contributed by atoms with van der Waals surface area (Å²) < 4.78 is 20.5. The summed E-state index contributed by atoms with van der Waals surface area (Å²) >= 11 is 0. The molecular weight excluding hydrogens is 533 g/mol. The Kier molecular flexibility index (Phi) is 9.19. The predicted octanol–water partition coefficient (Wildman–Crippen LogP) is 1.71. The molecule has 2 aliphatic heterocycles. The molecule has 0 unspecified atom stereocenters. The summed E-state index contributed by atoms with van der Waals surface area (Å²) in [6.45, 7) is 2.17.